The molecule has 3 heterocycles. The molecule has 3 rings (SSSR count). The maximum atomic E-state index is 12.5. The normalized spacial score (nSPS) is 12.0. The summed E-state index contributed by atoms with van der Waals surface area (Å²) in [6.45, 7) is 3.82. The number of amides is 2. The van der Waals surface area contributed by atoms with E-state index in [0.29, 0.717) is 11.4 Å². The van der Waals surface area contributed by atoms with Crippen LogP contribution in [0.3, 0.4) is 0 Å². The zero-order chi connectivity index (χ0) is 18.7. The van der Waals surface area contributed by atoms with Crippen molar-refractivity contribution >= 4 is 17.5 Å². The van der Waals surface area contributed by atoms with Gasteiger partial charge < -0.3 is 15.1 Å². The highest BCUT2D eigenvalue weighted by molar-refractivity contribution is 6.02. The van der Waals surface area contributed by atoms with Gasteiger partial charge in [0.2, 0.25) is 5.91 Å². The van der Waals surface area contributed by atoms with E-state index in [1.807, 2.05) is 13.0 Å². The van der Waals surface area contributed by atoms with Crippen LogP contribution in [0.5, 0.6) is 0 Å². The number of aryl methyl sites for hydroxylation is 2. The van der Waals surface area contributed by atoms with Crippen molar-refractivity contribution in [3.8, 4) is 0 Å². The molecule has 0 aliphatic carbocycles. The molecule has 0 aromatic carbocycles. The summed E-state index contributed by atoms with van der Waals surface area (Å²) in [6, 6.07) is 4.80. The molecular weight excluding hydrogens is 336 g/mol. The fourth-order valence-electron chi connectivity index (χ4n) is 2.42. The Kier molecular flexibility index (Phi) is 4.87. The van der Waals surface area contributed by atoms with Crippen LogP contribution in [0.2, 0.25) is 0 Å². The molecule has 1 atom stereocenters. The second kappa shape index (κ2) is 7.26. The van der Waals surface area contributed by atoms with E-state index < -0.39 is 11.9 Å². The highest BCUT2D eigenvalue weighted by atomic mass is 16.3. The summed E-state index contributed by atoms with van der Waals surface area (Å²) >= 11 is 0. The number of aromatic nitrogens is 4. The van der Waals surface area contributed by atoms with Crippen LogP contribution in [0.25, 0.3) is 0 Å². The van der Waals surface area contributed by atoms with Crippen LogP contribution < -0.4 is 10.6 Å². The predicted molar refractivity (Wildman–Crippen MR) is 93.4 cm³/mol. The van der Waals surface area contributed by atoms with Crippen molar-refractivity contribution in [3.05, 3.63) is 54.0 Å². The van der Waals surface area contributed by atoms with Crippen molar-refractivity contribution in [1.82, 2.24) is 24.9 Å². The van der Waals surface area contributed by atoms with Crippen LogP contribution in [0.4, 0.5) is 5.69 Å². The Morgan fingerprint density at radius 1 is 1.31 bits per heavy atom. The topological polar surface area (TPSA) is 107 Å². The maximum absolute atomic E-state index is 12.5. The van der Waals surface area contributed by atoms with Crippen LogP contribution in [-0.4, -0.2) is 31.4 Å². The first kappa shape index (κ1) is 17.5. The number of nitrogens with zero attached hydrogens (tertiary/aromatic N) is 4. The molecule has 0 aliphatic rings. The fourth-order valence-corrected chi connectivity index (χ4v) is 2.42. The number of carbonyl (C=O) groups is 2. The molecular formula is C17H20N6O3. The van der Waals surface area contributed by atoms with Crippen molar-refractivity contribution in [1.29, 1.82) is 0 Å². The first-order chi connectivity index (χ1) is 12.4. The lowest BCUT2D eigenvalue weighted by Gasteiger charge is -2.12. The quantitative estimate of drug-likeness (QED) is 0.698. The smallest absolute Gasteiger partial charge is 0.274 e. The summed E-state index contributed by atoms with van der Waals surface area (Å²) < 4.78 is 8.22. The van der Waals surface area contributed by atoms with Gasteiger partial charge in [-0.1, -0.05) is 0 Å². The molecule has 0 saturated heterocycles. The van der Waals surface area contributed by atoms with E-state index in [-0.39, 0.29) is 18.1 Å². The summed E-state index contributed by atoms with van der Waals surface area (Å²) in [5, 5.41) is 13.8. The number of furan rings is 1. The lowest BCUT2D eigenvalue weighted by Crippen LogP contribution is -2.27. The van der Waals surface area contributed by atoms with Crippen molar-refractivity contribution in [2.75, 3.05) is 5.32 Å². The summed E-state index contributed by atoms with van der Waals surface area (Å²) in [7, 11) is 1.68. The highest BCUT2D eigenvalue weighted by Crippen LogP contribution is 2.16. The molecule has 0 saturated carbocycles. The Balaban J connectivity index is 1.70. The third kappa shape index (κ3) is 3.82. The van der Waals surface area contributed by atoms with Crippen molar-refractivity contribution in [3.63, 3.8) is 0 Å². The van der Waals surface area contributed by atoms with E-state index >= 15 is 0 Å². The van der Waals surface area contributed by atoms with E-state index in [1.54, 1.807) is 43.2 Å². The fraction of sp³-hybridized carbons (Fsp3) is 0.294. The highest BCUT2D eigenvalue weighted by Gasteiger charge is 2.21. The van der Waals surface area contributed by atoms with E-state index in [4.69, 9.17) is 4.42 Å². The van der Waals surface area contributed by atoms with Crippen LogP contribution in [0.1, 0.15) is 34.9 Å². The number of rotatable bonds is 6. The molecule has 2 N–H and O–H groups in total. The largest absolute Gasteiger partial charge is 0.467 e. The Labute approximate surface area is 150 Å². The molecule has 2 amide bonds. The average Bonchev–Trinajstić information content (AvgIpc) is 3.33. The van der Waals surface area contributed by atoms with Crippen molar-refractivity contribution in [2.45, 2.75) is 26.4 Å². The molecule has 0 bridgehead atoms. The SMILES string of the molecule is Cc1ccn(C(C)C(=O)Nc2cn(C)nc2C(=O)NCc2ccco2)n1. The standard InChI is InChI=1S/C17H20N6O3/c1-11-6-7-23(20-11)12(2)16(24)19-14-10-22(3)21-15(14)17(25)18-9-13-5-4-8-26-13/h4-8,10,12H,9H2,1-3H3,(H,18,25)(H,19,24). The van der Waals surface area contributed by atoms with Crippen LogP contribution in [0.15, 0.2) is 41.3 Å². The molecule has 3 aromatic heterocycles. The van der Waals surface area contributed by atoms with Gasteiger partial charge in [-0.3, -0.25) is 19.0 Å². The average molecular weight is 356 g/mol. The molecule has 26 heavy (non-hydrogen) atoms. The van der Waals surface area contributed by atoms with Crippen molar-refractivity contribution in [2.24, 2.45) is 7.05 Å². The lowest BCUT2D eigenvalue weighted by atomic mass is 10.3. The number of nitrogens with one attached hydrogen (secondary N) is 2. The van der Waals surface area contributed by atoms with Gasteiger partial charge in [-0.05, 0) is 32.0 Å². The van der Waals surface area contributed by atoms with Gasteiger partial charge in [0.1, 0.15) is 11.8 Å². The molecule has 3 aromatic rings. The minimum Gasteiger partial charge on any atom is -0.467 e. The maximum Gasteiger partial charge on any atom is 0.274 e. The zero-order valence-corrected chi connectivity index (χ0v) is 14.8. The monoisotopic (exact) mass is 356 g/mol. The third-order valence-electron chi connectivity index (χ3n) is 3.82. The summed E-state index contributed by atoms with van der Waals surface area (Å²) in [5.41, 5.74) is 1.30. The van der Waals surface area contributed by atoms with Gasteiger partial charge in [0.05, 0.1) is 24.2 Å². The van der Waals surface area contributed by atoms with E-state index in [9.17, 15) is 9.59 Å². The minimum absolute atomic E-state index is 0.135. The number of hydrogen-bond acceptors (Lipinski definition) is 5. The Morgan fingerprint density at radius 3 is 2.77 bits per heavy atom. The van der Waals surface area contributed by atoms with Crippen LogP contribution in [-0.2, 0) is 18.4 Å². The Bertz CT molecular complexity index is 909. The molecule has 0 aliphatic heterocycles. The second-order valence-electron chi connectivity index (χ2n) is 5.93. The molecule has 0 fully saturated rings. The van der Waals surface area contributed by atoms with Gasteiger partial charge in [-0.2, -0.15) is 10.2 Å². The molecule has 9 heteroatoms. The third-order valence-corrected chi connectivity index (χ3v) is 3.82. The first-order valence-electron chi connectivity index (χ1n) is 8.11. The molecule has 136 valence electrons. The van der Waals surface area contributed by atoms with Gasteiger partial charge in [-0.15, -0.1) is 0 Å². The summed E-state index contributed by atoms with van der Waals surface area (Å²) in [5.74, 6) is -0.0661. The van der Waals surface area contributed by atoms with E-state index in [2.05, 4.69) is 20.8 Å². The number of hydrogen-bond donors (Lipinski definition) is 2. The van der Waals surface area contributed by atoms with E-state index in [1.165, 1.54) is 10.9 Å². The predicted octanol–water partition coefficient (Wildman–Crippen LogP) is 1.65. The number of anilines is 1. The number of carbonyl (C=O) groups excluding carboxylic acids is 2. The summed E-state index contributed by atoms with van der Waals surface area (Å²) in [4.78, 5) is 24.9. The van der Waals surface area contributed by atoms with Gasteiger partial charge >= 0.3 is 0 Å². The van der Waals surface area contributed by atoms with Crippen LogP contribution >= 0.6 is 0 Å². The first-order valence-corrected chi connectivity index (χ1v) is 8.11. The van der Waals surface area contributed by atoms with Gasteiger partial charge in [0.25, 0.3) is 5.91 Å². The summed E-state index contributed by atoms with van der Waals surface area (Å²) in [6.07, 6.45) is 4.85. The lowest BCUT2D eigenvalue weighted by molar-refractivity contribution is -0.119. The van der Waals surface area contributed by atoms with E-state index in [0.717, 1.165) is 5.69 Å². The van der Waals surface area contributed by atoms with Gasteiger partial charge in [0, 0.05) is 19.4 Å². The molecule has 1 unspecified atom stereocenters. The second-order valence-corrected chi connectivity index (χ2v) is 5.93. The van der Waals surface area contributed by atoms with Crippen molar-refractivity contribution < 1.29 is 14.0 Å². The van der Waals surface area contributed by atoms with Gasteiger partial charge in [-0.25, -0.2) is 0 Å². The minimum atomic E-state index is -0.525. The van der Waals surface area contributed by atoms with Crippen LogP contribution in [0, 0.1) is 6.92 Å². The Morgan fingerprint density at radius 2 is 2.12 bits per heavy atom. The van der Waals surface area contributed by atoms with Gasteiger partial charge in [0.15, 0.2) is 5.69 Å². The molecule has 9 nitrogen and oxygen atoms in total. The Hall–Kier alpha value is -3.36. The zero-order valence-electron chi connectivity index (χ0n) is 14.8. The molecule has 0 spiro atoms. The molecule has 0 radical (unpaired) electrons.